The number of nitrogens with one attached hydrogen (secondary N) is 2. The predicted octanol–water partition coefficient (Wildman–Crippen LogP) is 2.77. The van der Waals surface area contributed by atoms with E-state index in [4.69, 9.17) is 0 Å². The Morgan fingerprint density at radius 3 is 2.80 bits per heavy atom. The average Bonchev–Trinajstić information content (AvgIpc) is 3.14. The number of carbonyl (C=O) groups is 2. The van der Waals surface area contributed by atoms with E-state index in [0.717, 1.165) is 5.56 Å². The van der Waals surface area contributed by atoms with Crippen LogP contribution in [0.3, 0.4) is 0 Å². The molecule has 0 spiro atoms. The fourth-order valence-electron chi connectivity index (χ4n) is 3.12. The van der Waals surface area contributed by atoms with Gasteiger partial charge in [0.25, 0.3) is 17.5 Å². The van der Waals surface area contributed by atoms with Crippen LogP contribution in [0.5, 0.6) is 0 Å². The summed E-state index contributed by atoms with van der Waals surface area (Å²) < 4.78 is 1.57. The molecule has 0 saturated heterocycles. The average molecular weight is 404 g/mol. The van der Waals surface area contributed by atoms with E-state index in [1.807, 2.05) is 30.3 Å². The van der Waals surface area contributed by atoms with Crippen LogP contribution in [0, 0.1) is 10.1 Å². The molecule has 2 N–H and O–H groups in total. The van der Waals surface area contributed by atoms with Crippen molar-refractivity contribution in [3.8, 4) is 0 Å². The third-order valence-corrected chi connectivity index (χ3v) is 4.48. The summed E-state index contributed by atoms with van der Waals surface area (Å²) in [4.78, 5) is 38.8. The third kappa shape index (κ3) is 4.07. The first-order chi connectivity index (χ1) is 14.5. The maximum absolute atomic E-state index is 12.2. The highest BCUT2D eigenvalue weighted by atomic mass is 16.6. The number of rotatable bonds is 5. The number of hydrogen-bond donors (Lipinski definition) is 2. The Morgan fingerprint density at radius 1 is 1.23 bits per heavy atom. The molecule has 1 aliphatic heterocycles. The fraction of sp³-hybridized carbons (Fsp3) is 0.100. The molecule has 10 nitrogen and oxygen atoms in total. The van der Waals surface area contributed by atoms with Crippen molar-refractivity contribution in [2.45, 2.75) is 12.5 Å². The molecule has 2 heterocycles. The number of amides is 2. The summed E-state index contributed by atoms with van der Waals surface area (Å²) in [5, 5.41) is 20.3. The van der Waals surface area contributed by atoms with E-state index >= 15 is 0 Å². The van der Waals surface area contributed by atoms with Gasteiger partial charge in [-0.1, -0.05) is 42.5 Å². The zero-order chi connectivity index (χ0) is 21.1. The summed E-state index contributed by atoms with van der Waals surface area (Å²) in [6.45, 7) is 0. The lowest BCUT2D eigenvalue weighted by Gasteiger charge is -2.23. The number of benzene rings is 2. The number of nitro benzene ring substituents is 1. The maximum Gasteiger partial charge on any atom is 0.270 e. The summed E-state index contributed by atoms with van der Waals surface area (Å²) in [7, 11) is 0. The monoisotopic (exact) mass is 404 g/mol. The highest BCUT2D eigenvalue weighted by Gasteiger charge is 2.29. The first-order valence-electron chi connectivity index (χ1n) is 9.04. The van der Waals surface area contributed by atoms with E-state index in [-0.39, 0.29) is 36.0 Å². The number of non-ortho nitro benzene ring substituents is 1. The summed E-state index contributed by atoms with van der Waals surface area (Å²) in [5.41, 5.74) is 1.35. The van der Waals surface area contributed by atoms with Gasteiger partial charge in [-0.3, -0.25) is 30.3 Å². The summed E-state index contributed by atoms with van der Waals surface area (Å²) >= 11 is 0. The number of fused-ring (bicyclic) bond motifs is 1. The minimum Gasteiger partial charge on any atom is -0.295 e. The molecule has 4 rings (SSSR count). The predicted molar refractivity (Wildman–Crippen MR) is 109 cm³/mol. The Balaban J connectivity index is 1.51. The summed E-state index contributed by atoms with van der Waals surface area (Å²) in [6, 6.07) is 15.0. The maximum atomic E-state index is 12.2. The van der Waals surface area contributed by atoms with Crippen LogP contribution < -0.4 is 10.6 Å². The third-order valence-electron chi connectivity index (χ3n) is 4.48. The van der Waals surface area contributed by atoms with Gasteiger partial charge in [-0.05, 0) is 17.2 Å². The van der Waals surface area contributed by atoms with Gasteiger partial charge < -0.3 is 0 Å². The van der Waals surface area contributed by atoms with Gasteiger partial charge in [0, 0.05) is 18.2 Å². The summed E-state index contributed by atoms with van der Waals surface area (Å²) in [6.07, 6.45) is 2.89. The zero-order valence-electron chi connectivity index (χ0n) is 15.6. The standard InChI is InChI=1S/C20H16N6O4/c27-17(10-9-13-5-4-8-15(11-13)26(29)30)21-19-23-20-22-18(28)12-16(25(20)24-19)14-6-2-1-3-7-14/h1-11,16H,12H2,(H2,21,22,23,24,27,28)/b10-9+/t16-/m1/s1. The Morgan fingerprint density at radius 2 is 2.03 bits per heavy atom. The van der Waals surface area contributed by atoms with E-state index in [1.54, 1.807) is 10.7 Å². The van der Waals surface area contributed by atoms with Crippen molar-refractivity contribution in [3.05, 3.63) is 81.9 Å². The highest BCUT2D eigenvalue weighted by molar-refractivity contribution is 6.01. The molecule has 2 amide bonds. The molecule has 3 aromatic rings. The van der Waals surface area contributed by atoms with Crippen LogP contribution in [0.1, 0.15) is 23.6 Å². The van der Waals surface area contributed by atoms with E-state index in [9.17, 15) is 19.7 Å². The minimum absolute atomic E-state index is 0.0434. The van der Waals surface area contributed by atoms with Gasteiger partial charge in [-0.2, -0.15) is 4.98 Å². The molecular formula is C20H16N6O4. The molecule has 0 unspecified atom stereocenters. The molecule has 1 aromatic heterocycles. The van der Waals surface area contributed by atoms with Crippen molar-refractivity contribution in [1.29, 1.82) is 0 Å². The zero-order valence-corrected chi connectivity index (χ0v) is 15.6. The molecule has 1 atom stereocenters. The van der Waals surface area contributed by atoms with Crippen LogP contribution in [-0.2, 0) is 9.59 Å². The van der Waals surface area contributed by atoms with Gasteiger partial charge in [-0.25, -0.2) is 4.68 Å². The van der Waals surface area contributed by atoms with Crippen LogP contribution in [0.2, 0.25) is 0 Å². The van der Waals surface area contributed by atoms with E-state index in [1.165, 1.54) is 30.4 Å². The largest absolute Gasteiger partial charge is 0.295 e. The molecule has 2 aromatic carbocycles. The Bertz CT molecular complexity index is 1160. The van der Waals surface area contributed by atoms with Crippen molar-refractivity contribution < 1.29 is 14.5 Å². The number of carbonyl (C=O) groups excluding carboxylic acids is 2. The van der Waals surface area contributed by atoms with Gasteiger partial charge in [0.2, 0.25) is 11.9 Å². The molecule has 0 bridgehead atoms. The van der Waals surface area contributed by atoms with Crippen molar-refractivity contribution in [1.82, 2.24) is 14.8 Å². The van der Waals surface area contributed by atoms with Gasteiger partial charge >= 0.3 is 0 Å². The molecule has 0 saturated carbocycles. The normalized spacial score (nSPS) is 15.5. The molecule has 10 heteroatoms. The van der Waals surface area contributed by atoms with E-state index in [2.05, 4.69) is 20.7 Å². The molecular weight excluding hydrogens is 388 g/mol. The van der Waals surface area contributed by atoms with E-state index in [0.29, 0.717) is 5.56 Å². The van der Waals surface area contributed by atoms with Crippen LogP contribution in [-0.4, -0.2) is 31.5 Å². The van der Waals surface area contributed by atoms with Gasteiger partial charge in [0.05, 0.1) is 17.4 Å². The number of nitro groups is 1. The Labute approximate surface area is 170 Å². The lowest BCUT2D eigenvalue weighted by molar-refractivity contribution is -0.384. The quantitative estimate of drug-likeness (QED) is 0.382. The van der Waals surface area contributed by atoms with Crippen LogP contribution in [0.15, 0.2) is 60.7 Å². The second-order valence-electron chi connectivity index (χ2n) is 6.56. The summed E-state index contributed by atoms with van der Waals surface area (Å²) in [5.74, 6) is -0.404. The topological polar surface area (TPSA) is 132 Å². The highest BCUT2D eigenvalue weighted by Crippen LogP contribution is 2.29. The van der Waals surface area contributed by atoms with Crippen molar-refractivity contribution in [2.75, 3.05) is 10.6 Å². The number of hydrogen-bond acceptors (Lipinski definition) is 6. The first-order valence-corrected chi connectivity index (χ1v) is 9.04. The lowest BCUT2D eigenvalue weighted by atomic mass is 10.0. The molecule has 0 aliphatic carbocycles. The Kier molecular flexibility index (Phi) is 5.04. The molecule has 150 valence electrons. The van der Waals surface area contributed by atoms with Crippen LogP contribution in [0.25, 0.3) is 6.08 Å². The van der Waals surface area contributed by atoms with Gasteiger partial charge in [0.1, 0.15) is 0 Å². The van der Waals surface area contributed by atoms with Gasteiger partial charge in [0.15, 0.2) is 0 Å². The van der Waals surface area contributed by atoms with Crippen molar-refractivity contribution in [3.63, 3.8) is 0 Å². The van der Waals surface area contributed by atoms with Crippen molar-refractivity contribution >= 4 is 35.5 Å². The smallest absolute Gasteiger partial charge is 0.270 e. The molecule has 1 aliphatic rings. The SMILES string of the molecule is O=C(/C=C/c1cccc([N+](=O)[O-])c1)Nc1nc2n(n1)[C@@H](c1ccccc1)CC(=O)N2. The van der Waals surface area contributed by atoms with Crippen molar-refractivity contribution in [2.24, 2.45) is 0 Å². The second kappa shape index (κ2) is 7.95. The second-order valence-corrected chi connectivity index (χ2v) is 6.56. The number of nitrogens with zero attached hydrogens (tertiary/aromatic N) is 4. The lowest BCUT2D eigenvalue weighted by Crippen LogP contribution is -2.29. The van der Waals surface area contributed by atoms with Crippen LogP contribution in [0.4, 0.5) is 17.6 Å². The Hall–Kier alpha value is -4.34. The fourth-order valence-corrected chi connectivity index (χ4v) is 3.12. The van der Waals surface area contributed by atoms with Crippen LogP contribution >= 0.6 is 0 Å². The van der Waals surface area contributed by atoms with E-state index < -0.39 is 10.8 Å². The number of anilines is 2. The molecule has 30 heavy (non-hydrogen) atoms. The number of aromatic nitrogens is 3. The first kappa shape index (κ1) is 19.0. The molecule has 0 radical (unpaired) electrons. The minimum atomic E-state index is -0.507. The molecule has 0 fully saturated rings. The van der Waals surface area contributed by atoms with Gasteiger partial charge in [-0.15, -0.1) is 5.10 Å².